The van der Waals surface area contributed by atoms with Crippen molar-refractivity contribution in [2.75, 3.05) is 0 Å². The minimum absolute atomic E-state index is 0.163. The normalized spacial score (nSPS) is 11.6. The van der Waals surface area contributed by atoms with Crippen molar-refractivity contribution in [2.45, 2.75) is 12.5 Å². The molecule has 0 spiro atoms. The van der Waals surface area contributed by atoms with Crippen molar-refractivity contribution in [1.29, 1.82) is 0 Å². The number of nitrogens with zero attached hydrogens (tertiary/aromatic N) is 1. The summed E-state index contributed by atoms with van der Waals surface area (Å²) in [7, 11) is 0. The molecule has 0 fully saturated rings. The van der Waals surface area contributed by atoms with E-state index < -0.39 is 23.0 Å². The summed E-state index contributed by atoms with van der Waals surface area (Å²) in [6, 6.07) is 4.03. The molecule has 0 heterocycles. The Labute approximate surface area is 101 Å². The van der Waals surface area contributed by atoms with Crippen LogP contribution in [0, 0.1) is 10.1 Å². The fraction of sp³-hybridized carbons (Fsp3) is 0.200. The van der Waals surface area contributed by atoms with Gasteiger partial charge in [-0.25, -0.2) is 9.59 Å². The van der Waals surface area contributed by atoms with Gasteiger partial charge in [-0.05, 0) is 5.56 Å². The maximum absolute atomic E-state index is 10.8. The first-order valence-corrected chi connectivity index (χ1v) is 4.85. The van der Waals surface area contributed by atoms with Gasteiger partial charge in [-0.1, -0.05) is 12.1 Å². The van der Waals surface area contributed by atoms with E-state index in [0.717, 1.165) is 0 Å². The minimum Gasteiger partial charge on any atom is -0.480 e. The number of nitro benzene ring substituents is 1. The fourth-order valence-corrected chi connectivity index (χ4v) is 1.38. The largest absolute Gasteiger partial charge is 0.480 e. The SMILES string of the molecule is O=C(O)N[C@@H](Cc1cccc([N+](=O)[O-])c1)C(=O)O. The summed E-state index contributed by atoms with van der Waals surface area (Å²) in [6.07, 6.45) is -1.63. The molecule has 0 saturated heterocycles. The molecule has 0 aliphatic carbocycles. The molecular weight excluding hydrogens is 244 g/mol. The zero-order chi connectivity index (χ0) is 13.7. The van der Waals surface area contributed by atoms with Gasteiger partial charge in [0.1, 0.15) is 6.04 Å². The van der Waals surface area contributed by atoms with Gasteiger partial charge >= 0.3 is 12.1 Å². The predicted molar refractivity (Wildman–Crippen MR) is 59.4 cm³/mol. The molecule has 0 aromatic heterocycles. The highest BCUT2D eigenvalue weighted by molar-refractivity contribution is 5.79. The summed E-state index contributed by atoms with van der Waals surface area (Å²) in [5, 5.41) is 29.6. The summed E-state index contributed by atoms with van der Waals surface area (Å²) in [4.78, 5) is 31.1. The molecule has 0 aliphatic heterocycles. The van der Waals surface area contributed by atoms with Crippen molar-refractivity contribution >= 4 is 17.7 Å². The second-order valence-electron chi connectivity index (χ2n) is 3.47. The predicted octanol–water partition coefficient (Wildman–Crippen LogP) is 0.858. The Morgan fingerprint density at radius 2 is 2.06 bits per heavy atom. The first-order chi connectivity index (χ1) is 8.40. The molecule has 0 bridgehead atoms. The third-order valence-electron chi connectivity index (χ3n) is 2.16. The van der Waals surface area contributed by atoms with E-state index in [-0.39, 0.29) is 12.1 Å². The van der Waals surface area contributed by atoms with Crippen LogP contribution in [0.1, 0.15) is 5.56 Å². The van der Waals surface area contributed by atoms with E-state index in [1.54, 1.807) is 0 Å². The van der Waals surface area contributed by atoms with Crippen molar-refractivity contribution in [3.8, 4) is 0 Å². The van der Waals surface area contributed by atoms with Crippen LogP contribution >= 0.6 is 0 Å². The molecule has 0 aliphatic rings. The van der Waals surface area contributed by atoms with E-state index >= 15 is 0 Å². The number of hydrogen-bond acceptors (Lipinski definition) is 4. The van der Waals surface area contributed by atoms with E-state index in [1.807, 2.05) is 5.32 Å². The first kappa shape index (κ1) is 13.4. The summed E-state index contributed by atoms with van der Waals surface area (Å²) >= 11 is 0. The van der Waals surface area contributed by atoms with Crippen molar-refractivity contribution in [2.24, 2.45) is 0 Å². The third-order valence-corrected chi connectivity index (χ3v) is 2.16. The van der Waals surface area contributed by atoms with Crippen LogP contribution in [0.5, 0.6) is 0 Å². The summed E-state index contributed by atoms with van der Waals surface area (Å²) in [5.74, 6) is -1.34. The number of amides is 1. The lowest BCUT2D eigenvalue weighted by molar-refractivity contribution is -0.384. The number of nitro groups is 1. The Balaban J connectivity index is 2.86. The Kier molecular flexibility index (Phi) is 4.19. The van der Waals surface area contributed by atoms with E-state index in [1.165, 1.54) is 24.3 Å². The Morgan fingerprint density at radius 3 is 2.56 bits per heavy atom. The standard InChI is InChI=1S/C10H10N2O6/c13-9(14)8(11-10(15)16)5-6-2-1-3-7(4-6)12(17)18/h1-4,8,11H,5H2,(H,13,14)(H,15,16)/t8-/m0/s1. The number of carbonyl (C=O) groups is 2. The molecule has 1 aromatic carbocycles. The maximum atomic E-state index is 10.8. The maximum Gasteiger partial charge on any atom is 0.405 e. The van der Waals surface area contributed by atoms with Crippen LogP contribution < -0.4 is 5.32 Å². The van der Waals surface area contributed by atoms with E-state index in [9.17, 15) is 19.7 Å². The van der Waals surface area contributed by atoms with E-state index in [2.05, 4.69) is 0 Å². The van der Waals surface area contributed by atoms with Gasteiger partial charge in [0, 0.05) is 18.6 Å². The van der Waals surface area contributed by atoms with E-state index in [4.69, 9.17) is 10.2 Å². The number of carboxylic acid groups (broad SMARTS) is 2. The van der Waals surface area contributed by atoms with Gasteiger partial charge in [0.25, 0.3) is 5.69 Å². The van der Waals surface area contributed by atoms with Crippen LogP contribution in [0.3, 0.4) is 0 Å². The summed E-state index contributed by atoms with van der Waals surface area (Å²) in [5.41, 5.74) is 0.192. The highest BCUT2D eigenvalue weighted by Gasteiger charge is 2.20. The molecule has 1 aromatic rings. The number of hydrogen-bond donors (Lipinski definition) is 3. The molecule has 1 rings (SSSR count). The van der Waals surface area contributed by atoms with Crippen molar-refractivity contribution in [3.05, 3.63) is 39.9 Å². The number of aliphatic carboxylic acids is 1. The Hall–Kier alpha value is -2.64. The van der Waals surface area contributed by atoms with Crippen LogP contribution in [0.15, 0.2) is 24.3 Å². The van der Waals surface area contributed by atoms with Crippen LogP contribution in [-0.2, 0) is 11.2 Å². The van der Waals surface area contributed by atoms with Gasteiger partial charge in [0.2, 0.25) is 0 Å². The topological polar surface area (TPSA) is 130 Å². The molecule has 1 atom stereocenters. The van der Waals surface area contributed by atoms with Crippen LogP contribution in [-0.4, -0.2) is 33.2 Å². The fourth-order valence-electron chi connectivity index (χ4n) is 1.38. The molecular formula is C10H10N2O6. The lowest BCUT2D eigenvalue weighted by Crippen LogP contribution is -2.41. The van der Waals surface area contributed by atoms with Gasteiger partial charge in [0.15, 0.2) is 0 Å². The Morgan fingerprint density at radius 1 is 1.39 bits per heavy atom. The van der Waals surface area contributed by atoms with Gasteiger partial charge in [0.05, 0.1) is 4.92 Å². The lowest BCUT2D eigenvalue weighted by Gasteiger charge is -2.11. The average Bonchev–Trinajstić information content (AvgIpc) is 2.27. The molecule has 1 amide bonds. The smallest absolute Gasteiger partial charge is 0.405 e. The van der Waals surface area contributed by atoms with Crippen molar-refractivity contribution < 1.29 is 24.7 Å². The summed E-state index contributed by atoms with van der Waals surface area (Å²) < 4.78 is 0. The quantitative estimate of drug-likeness (QED) is 0.527. The van der Waals surface area contributed by atoms with Crippen LogP contribution in [0.2, 0.25) is 0 Å². The first-order valence-electron chi connectivity index (χ1n) is 4.85. The zero-order valence-corrected chi connectivity index (χ0v) is 9.07. The third kappa shape index (κ3) is 3.74. The van der Waals surface area contributed by atoms with Gasteiger partial charge < -0.3 is 15.5 Å². The number of benzene rings is 1. The molecule has 8 heteroatoms. The van der Waals surface area contributed by atoms with Gasteiger partial charge in [-0.3, -0.25) is 10.1 Å². The van der Waals surface area contributed by atoms with Crippen LogP contribution in [0.4, 0.5) is 10.5 Å². The highest BCUT2D eigenvalue weighted by atomic mass is 16.6. The number of rotatable bonds is 5. The molecule has 0 saturated carbocycles. The highest BCUT2D eigenvalue weighted by Crippen LogP contribution is 2.14. The monoisotopic (exact) mass is 254 g/mol. The lowest BCUT2D eigenvalue weighted by atomic mass is 10.1. The number of non-ortho nitro benzene ring substituents is 1. The molecule has 0 unspecified atom stereocenters. The van der Waals surface area contributed by atoms with Crippen molar-refractivity contribution in [1.82, 2.24) is 5.32 Å². The molecule has 8 nitrogen and oxygen atoms in total. The average molecular weight is 254 g/mol. The molecule has 96 valence electrons. The molecule has 3 N–H and O–H groups in total. The van der Waals surface area contributed by atoms with Gasteiger partial charge in [-0.15, -0.1) is 0 Å². The van der Waals surface area contributed by atoms with Gasteiger partial charge in [-0.2, -0.15) is 0 Å². The second-order valence-corrected chi connectivity index (χ2v) is 3.47. The number of carboxylic acids is 1. The molecule has 0 radical (unpaired) electrons. The zero-order valence-electron chi connectivity index (χ0n) is 9.07. The number of nitrogens with one attached hydrogen (secondary N) is 1. The minimum atomic E-state index is -1.46. The second kappa shape index (κ2) is 5.62. The van der Waals surface area contributed by atoms with Crippen molar-refractivity contribution in [3.63, 3.8) is 0 Å². The van der Waals surface area contributed by atoms with Crippen LogP contribution in [0.25, 0.3) is 0 Å². The summed E-state index contributed by atoms with van der Waals surface area (Å²) in [6.45, 7) is 0. The Bertz CT molecular complexity index is 487. The molecule has 18 heavy (non-hydrogen) atoms. The van der Waals surface area contributed by atoms with E-state index in [0.29, 0.717) is 5.56 Å².